The lowest BCUT2D eigenvalue weighted by Gasteiger charge is -2.40. The second-order valence-corrected chi connectivity index (χ2v) is 6.82. The summed E-state index contributed by atoms with van der Waals surface area (Å²) in [7, 11) is 0. The fourth-order valence-electron chi connectivity index (χ4n) is 4.22. The largest absolute Gasteiger partial charge is 0.395 e. The quantitative estimate of drug-likeness (QED) is 0.946. The maximum absolute atomic E-state index is 9.27. The van der Waals surface area contributed by atoms with Crippen LogP contribution in [0.5, 0.6) is 0 Å². The van der Waals surface area contributed by atoms with Crippen LogP contribution in [-0.4, -0.2) is 46.2 Å². The third-order valence-electron chi connectivity index (χ3n) is 5.34. The lowest BCUT2D eigenvalue weighted by molar-refractivity contribution is 0.118. The molecule has 2 aliphatic rings. The van der Waals surface area contributed by atoms with Crippen LogP contribution < -0.4 is 0 Å². The number of piperidine rings is 1. The highest BCUT2D eigenvalue weighted by atomic mass is 16.3. The van der Waals surface area contributed by atoms with Crippen molar-refractivity contribution in [3.8, 4) is 11.4 Å². The number of benzene rings is 1. The first-order chi connectivity index (χ1) is 11.3. The smallest absolute Gasteiger partial charge is 0.159 e. The van der Waals surface area contributed by atoms with Gasteiger partial charge < -0.3 is 10.0 Å². The van der Waals surface area contributed by atoms with Gasteiger partial charge >= 0.3 is 0 Å². The number of aryl methyl sites for hydroxylation is 1. The first kappa shape index (κ1) is 14.8. The van der Waals surface area contributed by atoms with Crippen LogP contribution >= 0.6 is 0 Å². The average molecular weight is 309 g/mol. The fraction of sp³-hybridized carbons (Fsp3) is 0.474. The van der Waals surface area contributed by atoms with Gasteiger partial charge in [0.1, 0.15) is 0 Å². The van der Waals surface area contributed by atoms with E-state index in [1.807, 2.05) is 24.4 Å². The van der Waals surface area contributed by atoms with Crippen LogP contribution in [0.4, 0.5) is 0 Å². The normalized spacial score (nSPS) is 24.0. The molecule has 2 heterocycles. The summed E-state index contributed by atoms with van der Waals surface area (Å²) in [5.74, 6) is 0.838. The van der Waals surface area contributed by atoms with Gasteiger partial charge in [0.2, 0.25) is 0 Å². The van der Waals surface area contributed by atoms with Gasteiger partial charge in [-0.25, -0.2) is 9.97 Å². The van der Waals surface area contributed by atoms with E-state index in [2.05, 4.69) is 22.0 Å². The van der Waals surface area contributed by atoms with Crippen LogP contribution in [0, 0.1) is 0 Å². The van der Waals surface area contributed by atoms with E-state index in [9.17, 15) is 5.11 Å². The molecule has 0 radical (unpaired) electrons. The zero-order chi connectivity index (χ0) is 15.7. The van der Waals surface area contributed by atoms with Gasteiger partial charge in [-0.2, -0.15) is 0 Å². The lowest BCUT2D eigenvalue weighted by Crippen LogP contribution is -2.46. The van der Waals surface area contributed by atoms with Crippen LogP contribution in [0.1, 0.15) is 30.5 Å². The van der Waals surface area contributed by atoms with Crippen LogP contribution in [0.25, 0.3) is 11.4 Å². The Morgan fingerprint density at radius 1 is 1.17 bits per heavy atom. The van der Waals surface area contributed by atoms with E-state index in [0.717, 1.165) is 43.9 Å². The molecular formula is C19H23N3O. The van der Waals surface area contributed by atoms with E-state index in [-0.39, 0.29) is 12.0 Å². The molecule has 23 heavy (non-hydrogen) atoms. The molecule has 0 amide bonds. The minimum Gasteiger partial charge on any atom is -0.395 e. The minimum absolute atomic E-state index is 0.162. The van der Waals surface area contributed by atoms with Crippen LogP contribution in [-0.2, 0) is 11.8 Å². The molecule has 4 rings (SSSR count). The summed E-state index contributed by atoms with van der Waals surface area (Å²) >= 11 is 0. The van der Waals surface area contributed by atoms with Gasteiger partial charge in [0.15, 0.2) is 5.82 Å². The van der Waals surface area contributed by atoms with Crippen molar-refractivity contribution in [2.75, 3.05) is 26.2 Å². The predicted octanol–water partition coefficient (Wildman–Crippen LogP) is 2.42. The monoisotopic (exact) mass is 309 g/mol. The molecule has 2 aromatic rings. The Labute approximate surface area is 137 Å². The SMILES string of the molecule is OCCN1CCCC2(CCc3cnc(-c4ccccc4)nc32)C1. The van der Waals surface area contributed by atoms with Gasteiger partial charge in [-0.05, 0) is 37.8 Å². The van der Waals surface area contributed by atoms with Crippen molar-refractivity contribution in [2.24, 2.45) is 0 Å². The average Bonchev–Trinajstić information content (AvgIpc) is 2.94. The zero-order valence-corrected chi connectivity index (χ0v) is 13.4. The molecule has 1 atom stereocenters. The minimum atomic E-state index is 0.162. The summed E-state index contributed by atoms with van der Waals surface area (Å²) in [6.45, 7) is 3.12. The van der Waals surface area contributed by atoms with Crippen molar-refractivity contribution in [1.29, 1.82) is 0 Å². The van der Waals surface area contributed by atoms with Crippen molar-refractivity contribution in [2.45, 2.75) is 31.1 Å². The number of β-amino-alcohol motifs (C(OH)–C–C–N with tert-alkyl or cyclic N) is 1. The summed E-state index contributed by atoms with van der Waals surface area (Å²) in [5, 5.41) is 9.27. The molecule has 1 aliphatic heterocycles. The summed E-state index contributed by atoms with van der Waals surface area (Å²) in [6, 6.07) is 10.2. The Balaban J connectivity index is 1.70. The van der Waals surface area contributed by atoms with Crippen LogP contribution in [0.15, 0.2) is 36.5 Å². The molecule has 1 spiro atoms. The number of rotatable bonds is 3. The van der Waals surface area contributed by atoms with Gasteiger partial charge in [0, 0.05) is 30.3 Å². The molecular weight excluding hydrogens is 286 g/mol. The van der Waals surface area contributed by atoms with Crippen molar-refractivity contribution in [1.82, 2.24) is 14.9 Å². The Hall–Kier alpha value is -1.78. The topological polar surface area (TPSA) is 49.2 Å². The number of hydrogen-bond acceptors (Lipinski definition) is 4. The van der Waals surface area contributed by atoms with Gasteiger partial charge in [-0.1, -0.05) is 30.3 Å². The fourth-order valence-corrected chi connectivity index (χ4v) is 4.22. The third kappa shape index (κ3) is 2.66. The van der Waals surface area contributed by atoms with E-state index in [1.165, 1.54) is 24.1 Å². The molecule has 0 saturated carbocycles. The highest BCUT2D eigenvalue weighted by molar-refractivity contribution is 5.55. The highest BCUT2D eigenvalue weighted by Crippen LogP contribution is 2.44. The number of hydrogen-bond donors (Lipinski definition) is 1. The van der Waals surface area contributed by atoms with Crippen molar-refractivity contribution in [3.63, 3.8) is 0 Å². The molecule has 1 aromatic heterocycles. The van der Waals surface area contributed by atoms with E-state index in [4.69, 9.17) is 4.98 Å². The Kier molecular flexibility index (Phi) is 3.87. The first-order valence-electron chi connectivity index (χ1n) is 8.56. The zero-order valence-electron chi connectivity index (χ0n) is 13.4. The molecule has 4 nitrogen and oxygen atoms in total. The first-order valence-corrected chi connectivity index (χ1v) is 8.56. The summed E-state index contributed by atoms with van der Waals surface area (Å²) in [4.78, 5) is 12.0. The molecule has 1 aliphatic carbocycles. The van der Waals surface area contributed by atoms with Crippen LogP contribution in [0.2, 0.25) is 0 Å². The van der Waals surface area contributed by atoms with E-state index in [1.54, 1.807) is 0 Å². The number of aliphatic hydroxyl groups excluding tert-OH is 1. The second kappa shape index (κ2) is 6.02. The van der Waals surface area contributed by atoms with Gasteiger partial charge in [0.25, 0.3) is 0 Å². The molecule has 1 saturated heterocycles. The molecule has 1 unspecified atom stereocenters. The number of aliphatic hydroxyl groups is 1. The molecule has 1 aromatic carbocycles. The Morgan fingerprint density at radius 2 is 2.04 bits per heavy atom. The molecule has 4 heteroatoms. The maximum atomic E-state index is 9.27. The van der Waals surface area contributed by atoms with Crippen molar-refractivity contribution in [3.05, 3.63) is 47.8 Å². The van der Waals surface area contributed by atoms with Crippen molar-refractivity contribution >= 4 is 0 Å². The standard InChI is InChI=1S/C19H23N3O/c23-12-11-22-10-4-8-19(14-22)9-7-16-13-20-18(21-17(16)19)15-5-2-1-3-6-15/h1-3,5-6,13,23H,4,7-12,14H2. The third-order valence-corrected chi connectivity index (χ3v) is 5.34. The Morgan fingerprint density at radius 3 is 2.87 bits per heavy atom. The molecule has 120 valence electrons. The van der Waals surface area contributed by atoms with Crippen LogP contribution in [0.3, 0.4) is 0 Å². The molecule has 1 fully saturated rings. The number of fused-ring (bicyclic) bond motifs is 2. The number of aromatic nitrogens is 2. The van der Waals surface area contributed by atoms with Crippen molar-refractivity contribution < 1.29 is 5.11 Å². The van der Waals surface area contributed by atoms with Gasteiger partial charge in [-0.3, -0.25) is 0 Å². The maximum Gasteiger partial charge on any atom is 0.159 e. The second-order valence-electron chi connectivity index (χ2n) is 6.82. The highest BCUT2D eigenvalue weighted by Gasteiger charge is 2.43. The van der Waals surface area contributed by atoms with E-state index in [0.29, 0.717) is 0 Å². The number of nitrogens with zero attached hydrogens (tertiary/aromatic N) is 3. The predicted molar refractivity (Wildman–Crippen MR) is 90.2 cm³/mol. The van der Waals surface area contributed by atoms with Gasteiger partial charge in [-0.15, -0.1) is 0 Å². The lowest BCUT2D eigenvalue weighted by atomic mass is 9.77. The van der Waals surface area contributed by atoms with Gasteiger partial charge in [0.05, 0.1) is 12.3 Å². The van der Waals surface area contributed by atoms with E-state index < -0.39 is 0 Å². The summed E-state index contributed by atoms with van der Waals surface area (Å²) in [5.41, 5.74) is 3.82. The summed E-state index contributed by atoms with van der Waals surface area (Å²) < 4.78 is 0. The van der Waals surface area contributed by atoms with E-state index >= 15 is 0 Å². The number of likely N-dealkylation sites (tertiary alicyclic amines) is 1. The summed E-state index contributed by atoms with van der Waals surface area (Å²) in [6.07, 6.45) is 6.66. The molecule has 0 bridgehead atoms. The Bertz CT molecular complexity index is 682. The molecule has 1 N–H and O–H groups in total.